The number of hydrogen-bond acceptors (Lipinski definition) is 2. The molecule has 0 aromatic heterocycles. The number of hydrogen-bond donors (Lipinski definition) is 2. The van der Waals surface area contributed by atoms with Crippen LogP contribution in [0.25, 0.3) is 0 Å². The lowest BCUT2D eigenvalue weighted by Gasteiger charge is -2.22. The highest BCUT2D eigenvalue weighted by Crippen LogP contribution is 2.12. The van der Waals surface area contributed by atoms with Crippen molar-refractivity contribution in [2.24, 2.45) is 5.73 Å². The van der Waals surface area contributed by atoms with Gasteiger partial charge in [-0.1, -0.05) is 25.7 Å². The van der Waals surface area contributed by atoms with Gasteiger partial charge in [-0.3, -0.25) is 4.79 Å². The van der Waals surface area contributed by atoms with E-state index < -0.39 is 14.0 Å². The molecule has 0 heterocycles. The lowest BCUT2D eigenvalue weighted by atomic mass is 10.2. The summed E-state index contributed by atoms with van der Waals surface area (Å²) in [5, 5.41) is 9.68. The molecule has 0 radical (unpaired) electrons. The predicted molar refractivity (Wildman–Crippen MR) is 56.9 cm³/mol. The van der Waals surface area contributed by atoms with Gasteiger partial charge in [0, 0.05) is 11.3 Å². The quantitative estimate of drug-likeness (QED) is 0.527. The van der Waals surface area contributed by atoms with E-state index in [0.717, 1.165) is 0 Å². The minimum Gasteiger partial charge on any atom is -0.396 e. The first-order valence-corrected chi connectivity index (χ1v) is 7.97. The SMILES string of the molecule is CC(=CCC(O)[Si](C)(C)C)C(N)=O. The maximum absolute atomic E-state index is 10.6. The third-order valence-corrected chi connectivity index (χ3v) is 4.27. The van der Waals surface area contributed by atoms with Crippen molar-refractivity contribution in [3.8, 4) is 0 Å². The standard InChI is InChI=1S/C9H19NO2Si/c1-7(9(10)12)5-6-8(11)13(2,3)4/h5,8,11H,6H2,1-4H3,(H2,10,12). The van der Waals surface area contributed by atoms with Crippen LogP contribution in [-0.4, -0.2) is 24.8 Å². The van der Waals surface area contributed by atoms with Crippen LogP contribution in [0.1, 0.15) is 13.3 Å². The Morgan fingerprint density at radius 2 is 2.00 bits per heavy atom. The van der Waals surface area contributed by atoms with Gasteiger partial charge in [0.05, 0.1) is 8.07 Å². The Balaban J connectivity index is 4.17. The number of rotatable bonds is 4. The van der Waals surface area contributed by atoms with Crippen LogP contribution in [-0.2, 0) is 4.79 Å². The Morgan fingerprint density at radius 3 is 2.31 bits per heavy atom. The van der Waals surface area contributed by atoms with E-state index in [4.69, 9.17) is 5.73 Å². The van der Waals surface area contributed by atoms with E-state index in [2.05, 4.69) is 19.6 Å². The van der Waals surface area contributed by atoms with E-state index in [1.54, 1.807) is 13.0 Å². The Morgan fingerprint density at radius 1 is 1.54 bits per heavy atom. The average Bonchev–Trinajstić information content (AvgIpc) is 1.97. The monoisotopic (exact) mass is 201 g/mol. The number of aliphatic hydroxyl groups excluding tert-OH is 1. The molecule has 0 aliphatic rings. The Hall–Kier alpha value is -0.613. The summed E-state index contributed by atoms with van der Waals surface area (Å²) < 4.78 is 0. The van der Waals surface area contributed by atoms with Crippen LogP contribution >= 0.6 is 0 Å². The summed E-state index contributed by atoms with van der Waals surface area (Å²) in [6.07, 6.45) is 2.25. The normalized spacial score (nSPS) is 15.6. The van der Waals surface area contributed by atoms with Gasteiger partial charge < -0.3 is 10.8 Å². The molecule has 0 aliphatic heterocycles. The van der Waals surface area contributed by atoms with Crippen molar-refractivity contribution in [2.45, 2.75) is 38.7 Å². The average molecular weight is 201 g/mol. The van der Waals surface area contributed by atoms with Crippen molar-refractivity contribution in [1.29, 1.82) is 0 Å². The van der Waals surface area contributed by atoms with Crippen molar-refractivity contribution in [3.63, 3.8) is 0 Å². The third kappa shape index (κ3) is 4.85. The number of amides is 1. The van der Waals surface area contributed by atoms with Gasteiger partial charge in [0.1, 0.15) is 0 Å². The summed E-state index contributed by atoms with van der Waals surface area (Å²) in [5.74, 6) is -0.414. The molecular formula is C9H19NO2Si. The fourth-order valence-corrected chi connectivity index (χ4v) is 1.57. The van der Waals surface area contributed by atoms with E-state index in [1.165, 1.54) is 0 Å². The van der Waals surface area contributed by atoms with Gasteiger partial charge in [0.2, 0.25) is 5.91 Å². The Labute approximate surface area is 80.6 Å². The largest absolute Gasteiger partial charge is 0.396 e. The van der Waals surface area contributed by atoms with E-state index in [1.807, 2.05) is 0 Å². The summed E-state index contributed by atoms with van der Waals surface area (Å²) in [6.45, 7) is 7.93. The van der Waals surface area contributed by atoms with Crippen LogP contribution in [0.3, 0.4) is 0 Å². The number of aliphatic hydroxyl groups is 1. The molecule has 1 amide bonds. The lowest BCUT2D eigenvalue weighted by molar-refractivity contribution is -0.114. The van der Waals surface area contributed by atoms with Crippen LogP contribution in [0.15, 0.2) is 11.6 Å². The molecule has 3 N–H and O–H groups in total. The van der Waals surface area contributed by atoms with Crippen molar-refractivity contribution in [2.75, 3.05) is 0 Å². The number of nitrogens with two attached hydrogens (primary N) is 1. The first-order valence-electron chi connectivity index (χ1n) is 4.39. The van der Waals surface area contributed by atoms with Gasteiger partial charge in [-0.15, -0.1) is 0 Å². The molecule has 0 aromatic rings. The molecular weight excluding hydrogens is 182 g/mol. The summed E-state index contributed by atoms with van der Waals surface area (Å²) in [6, 6.07) is 0. The first-order chi connectivity index (χ1) is 5.75. The molecule has 0 aromatic carbocycles. The zero-order valence-corrected chi connectivity index (χ0v) is 9.79. The first kappa shape index (κ1) is 12.4. The van der Waals surface area contributed by atoms with Crippen LogP contribution in [0, 0.1) is 0 Å². The molecule has 0 saturated heterocycles. The fraction of sp³-hybridized carbons (Fsp3) is 0.667. The summed E-state index contributed by atoms with van der Waals surface area (Å²) in [4.78, 5) is 10.6. The van der Waals surface area contributed by atoms with Gasteiger partial charge in [0.25, 0.3) is 0 Å². The number of primary amides is 1. The topological polar surface area (TPSA) is 63.3 Å². The molecule has 0 aliphatic carbocycles. The smallest absolute Gasteiger partial charge is 0.244 e. The maximum Gasteiger partial charge on any atom is 0.244 e. The number of carbonyl (C=O) groups is 1. The lowest BCUT2D eigenvalue weighted by Crippen LogP contribution is -2.37. The minimum atomic E-state index is -1.50. The van der Waals surface area contributed by atoms with E-state index >= 15 is 0 Å². The van der Waals surface area contributed by atoms with Crippen LogP contribution < -0.4 is 5.73 Å². The molecule has 13 heavy (non-hydrogen) atoms. The second-order valence-electron chi connectivity index (χ2n) is 4.37. The molecule has 1 unspecified atom stereocenters. The van der Waals surface area contributed by atoms with Gasteiger partial charge in [-0.05, 0) is 13.3 Å². The molecule has 1 atom stereocenters. The summed E-state index contributed by atoms with van der Waals surface area (Å²) in [5.41, 5.74) is 5.28. The van der Waals surface area contributed by atoms with E-state index in [9.17, 15) is 9.90 Å². The van der Waals surface area contributed by atoms with Crippen molar-refractivity contribution in [1.82, 2.24) is 0 Å². The molecule has 0 bridgehead atoms. The second kappa shape index (κ2) is 4.57. The molecule has 4 heteroatoms. The maximum atomic E-state index is 10.6. The number of carbonyl (C=O) groups excluding carboxylic acids is 1. The van der Waals surface area contributed by atoms with Gasteiger partial charge in [-0.25, -0.2) is 0 Å². The third-order valence-electron chi connectivity index (χ3n) is 2.04. The van der Waals surface area contributed by atoms with Crippen LogP contribution in [0.4, 0.5) is 0 Å². The van der Waals surface area contributed by atoms with Crippen molar-refractivity contribution < 1.29 is 9.90 Å². The fourth-order valence-electron chi connectivity index (χ4n) is 0.743. The predicted octanol–water partition coefficient (Wildman–Crippen LogP) is 1.05. The van der Waals surface area contributed by atoms with Gasteiger partial charge >= 0.3 is 0 Å². The molecule has 0 spiro atoms. The minimum absolute atomic E-state index is 0.304. The molecule has 0 fully saturated rings. The Bertz CT molecular complexity index is 218. The Kier molecular flexibility index (Phi) is 4.36. The molecule has 0 rings (SSSR count). The van der Waals surface area contributed by atoms with E-state index in [0.29, 0.717) is 12.0 Å². The van der Waals surface area contributed by atoms with Crippen LogP contribution in [0.2, 0.25) is 19.6 Å². The highest BCUT2D eigenvalue weighted by molar-refractivity contribution is 6.77. The summed E-state index contributed by atoms with van der Waals surface area (Å²) in [7, 11) is -1.50. The highest BCUT2D eigenvalue weighted by Gasteiger charge is 2.23. The zero-order chi connectivity index (χ0) is 10.6. The molecule has 3 nitrogen and oxygen atoms in total. The van der Waals surface area contributed by atoms with Crippen LogP contribution in [0.5, 0.6) is 0 Å². The molecule has 76 valence electrons. The van der Waals surface area contributed by atoms with Gasteiger partial charge in [0.15, 0.2) is 0 Å². The summed E-state index contributed by atoms with van der Waals surface area (Å²) >= 11 is 0. The van der Waals surface area contributed by atoms with E-state index in [-0.39, 0.29) is 5.73 Å². The molecule has 0 saturated carbocycles. The van der Waals surface area contributed by atoms with Gasteiger partial charge in [-0.2, -0.15) is 0 Å². The second-order valence-corrected chi connectivity index (χ2v) is 9.77. The highest BCUT2D eigenvalue weighted by atomic mass is 28.3. The van der Waals surface area contributed by atoms with Crippen molar-refractivity contribution in [3.05, 3.63) is 11.6 Å². The van der Waals surface area contributed by atoms with Crippen molar-refractivity contribution >= 4 is 14.0 Å². The zero-order valence-electron chi connectivity index (χ0n) is 8.79.